The van der Waals surface area contributed by atoms with E-state index in [1.807, 2.05) is 0 Å². The summed E-state index contributed by atoms with van der Waals surface area (Å²) in [6, 6.07) is 0.750. The molecule has 0 bridgehead atoms. The van der Waals surface area contributed by atoms with Gasteiger partial charge in [0.2, 0.25) is 0 Å². The van der Waals surface area contributed by atoms with E-state index in [-0.39, 0.29) is 0 Å². The molecule has 90 valence electrons. The third-order valence-corrected chi connectivity index (χ3v) is 3.77. The second-order valence-electron chi connectivity index (χ2n) is 5.34. The molecule has 0 spiro atoms. The van der Waals surface area contributed by atoms with Crippen molar-refractivity contribution in [3.63, 3.8) is 0 Å². The highest BCUT2D eigenvalue weighted by molar-refractivity contribution is 4.84. The average Bonchev–Trinajstić information content (AvgIpc) is 2.18. The van der Waals surface area contributed by atoms with Gasteiger partial charge in [-0.05, 0) is 58.2 Å². The maximum atomic E-state index is 3.50. The summed E-state index contributed by atoms with van der Waals surface area (Å²) in [5.74, 6) is 1.78. The predicted octanol–water partition coefficient (Wildman–Crippen LogP) is 2.35. The lowest BCUT2D eigenvalue weighted by Gasteiger charge is -2.37. The van der Waals surface area contributed by atoms with Crippen LogP contribution < -0.4 is 5.32 Å². The SMILES string of the molecule is CCCN(C)CC1CC(C)CCC1NC. The van der Waals surface area contributed by atoms with Gasteiger partial charge in [-0.1, -0.05) is 13.8 Å². The van der Waals surface area contributed by atoms with Gasteiger partial charge in [0.05, 0.1) is 0 Å². The first kappa shape index (κ1) is 13.0. The minimum Gasteiger partial charge on any atom is -0.317 e. The van der Waals surface area contributed by atoms with Crippen LogP contribution in [0.4, 0.5) is 0 Å². The Hall–Kier alpha value is -0.0800. The first-order valence-corrected chi connectivity index (χ1v) is 6.53. The van der Waals surface area contributed by atoms with Crippen LogP contribution in [0.5, 0.6) is 0 Å². The van der Waals surface area contributed by atoms with Gasteiger partial charge in [-0.2, -0.15) is 0 Å². The van der Waals surface area contributed by atoms with Crippen molar-refractivity contribution in [2.45, 2.75) is 45.6 Å². The van der Waals surface area contributed by atoms with Crippen LogP contribution in [-0.2, 0) is 0 Å². The van der Waals surface area contributed by atoms with Gasteiger partial charge < -0.3 is 10.2 Å². The van der Waals surface area contributed by atoms with Gasteiger partial charge in [-0.3, -0.25) is 0 Å². The quantitative estimate of drug-likeness (QED) is 0.752. The Balaban J connectivity index is 2.40. The van der Waals surface area contributed by atoms with Crippen molar-refractivity contribution < 1.29 is 0 Å². The van der Waals surface area contributed by atoms with Crippen molar-refractivity contribution in [3.8, 4) is 0 Å². The molecule has 0 saturated heterocycles. The summed E-state index contributed by atoms with van der Waals surface area (Å²) in [5.41, 5.74) is 0. The maximum Gasteiger partial charge on any atom is 0.0105 e. The Kier molecular flexibility index (Phi) is 5.62. The molecule has 1 N–H and O–H groups in total. The highest BCUT2D eigenvalue weighted by Gasteiger charge is 2.27. The number of nitrogens with zero attached hydrogens (tertiary/aromatic N) is 1. The molecule has 3 atom stereocenters. The van der Waals surface area contributed by atoms with Crippen LogP contribution in [-0.4, -0.2) is 38.1 Å². The van der Waals surface area contributed by atoms with Crippen molar-refractivity contribution in [3.05, 3.63) is 0 Å². The Labute approximate surface area is 95.4 Å². The van der Waals surface area contributed by atoms with Crippen LogP contribution in [0, 0.1) is 11.8 Å². The summed E-state index contributed by atoms with van der Waals surface area (Å²) in [6.45, 7) is 7.17. The number of hydrogen-bond acceptors (Lipinski definition) is 2. The van der Waals surface area contributed by atoms with Gasteiger partial charge >= 0.3 is 0 Å². The van der Waals surface area contributed by atoms with Gasteiger partial charge in [-0.15, -0.1) is 0 Å². The number of hydrogen-bond donors (Lipinski definition) is 1. The second-order valence-corrected chi connectivity index (χ2v) is 5.34. The standard InChI is InChI=1S/C13H28N2/c1-5-8-15(4)10-12-9-11(2)6-7-13(12)14-3/h11-14H,5-10H2,1-4H3. The van der Waals surface area contributed by atoms with Crippen molar-refractivity contribution >= 4 is 0 Å². The summed E-state index contributed by atoms with van der Waals surface area (Å²) in [6.07, 6.45) is 5.43. The van der Waals surface area contributed by atoms with Gasteiger partial charge in [0.15, 0.2) is 0 Å². The Morgan fingerprint density at radius 3 is 2.67 bits per heavy atom. The summed E-state index contributed by atoms with van der Waals surface area (Å²) in [5, 5.41) is 3.50. The molecule has 1 fully saturated rings. The minimum absolute atomic E-state index is 0.750. The molecule has 0 aromatic rings. The molecule has 2 heteroatoms. The Morgan fingerprint density at radius 1 is 1.33 bits per heavy atom. The fourth-order valence-electron chi connectivity index (χ4n) is 2.95. The van der Waals surface area contributed by atoms with E-state index in [1.54, 1.807) is 0 Å². The Bertz CT molecular complexity index is 170. The molecule has 2 nitrogen and oxygen atoms in total. The molecule has 1 rings (SSSR count). The first-order valence-electron chi connectivity index (χ1n) is 6.53. The first-order chi connectivity index (χ1) is 7.17. The lowest BCUT2D eigenvalue weighted by molar-refractivity contribution is 0.165. The van der Waals surface area contributed by atoms with Crippen LogP contribution >= 0.6 is 0 Å². The number of nitrogens with one attached hydrogen (secondary N) is 1. The van der Waals surface area contributed by atoms with E-state index in [0.29, 0.717) is 0 Å². The monoisotopic (exact) mass is 212 g/mol. The molecule has 0 radical (unpaired) electrons. The van der Waals surface area contributed by atoms with Crippen LogP contribution in [0.2, 0.25) is 0 Å². The molecule has 0 aliphatic heterocycles. The molecule has 1 aliphatic carbocycles. The van der Waals surface area contributed by atoms with Crippen molar-refractivity contribution in [2.24, 2.45) is 11.8 Å². The topological polar surface area (TPSA) is 15.3 Å². The van der Waals surface area contributed by atoms with Gasteiger partial charge in [-0.25, -0.2) is 0 Å². The van der Waals surface area contributed by atoms with Crippen molar-refractivity contribution in [2.75, 3.05) is 27.2 Å². The molecule has 1 saturated carbocycles. The fraction of sp³-hybridized carbons (Fsp3) is 1.00. The number of rotatable bonds is 5. The smallest absolute Gasteiger partial charge is 0.0105 e. The molecule has 15 heavy (non-hydrogen) atoms. The van der Waals surface area contributed by atoms with E-state index in [4.69, 9.17) is 0 Å². The van der Waals surface area contributed by atoms with Gasteiger partial charge in [0.25, 0.3) is 0 Å². The highest BCUT2D eigenvalue weighted by atomic mass is 15.1. The molecule has 3 unspecified atom stereocenters. The van der Waals surface area contributed by atoms with E-state index >= 15 is 0 Å². The van der Waals surface area contributed by atoms with Crippen molar-refractivity contribution in [1.29, 1.82) is 0 Å². The minimum atomic E-state index is 0.750. The Morgan fingerprint density at radius 2 is 2.07 bits per heavy atom. The zero-order chi connectivity index (χ0) is 11.3. The lowest BCUT2D eigenvalue weighted by Crippen LogP contribution is -2.43. The average molecular weight is 212 g/mol. The second kappa shape index (κ2) is 6.49. The van der Waals surface area contributed by atoms with Crippen LogP contribution in [0.25, 0.3) is 0 Å². The molecule has 0 amide bonds. The van der Waals surface area contributed by atoms with Crippen molar-refractivity contribution in [1.82, 2.24) is 10.2 Å². The molecule has 1 aliphatic rings. The zero-order valence-electron chi connectivity index (χ0n) is 10.9. The third-order valence-electron chi connectivity index (χ3n) is 3.77. The van der Waals surface area contributed by atoms with Gasteiger partial charge in [0.1, 0.15) is 0 Å². The highest BCUT2D eigenvalue weighted by Crippen LogP contribution is 2.29. The molecule has 0 aromatic heterocycles. The van der Waals surface area contributed by atoms with E-state index < -0.39 is 0 Å². The van der Waals surface area contributed by atoms with E-state index in [1.165, 1.54) is 38.8 Å². The summed E-state index contributed by atoms with van der Waals surface area (Å²) in [4.78, 5) is 2.49. The van der Waals surface area contributed by atoms with E-state index in [2.05, 4.69) is 38.2 Å². The molecule has 0 heterocycles. The molecular formula is C13H28N2. The van der Waals surface area contributed by atoms with Crippen LogP contribution in [0.3, 0.4) is 0 Å². The lowest BCUT2D eigenvalue weighted by atomic mass is 9.78. The molecular weight excluding hydrogens is 184 g/mol. The maximum absolute atomic E-state index is 3.50. The van der Waals surface area contributed by atoms with E-state index in [9.17, 15) is 0 Å². The summed E-state index contributed by atoms with van der Waals surface area (Å²) < 4.78 is 0. The summed E-state index contributed by atoms with van der Waals surface area (Å²) in [7, 11) is 4.38. The fourth-order valence-corrected chi connectivity index (χ4v) is 2.95. The van der Waals surface area contributed by atoms with E-state index in [0.717, 1.165) is 17.9 Å². The predicted molar refractivity (Wildman–Crippen MR) is 67.1 cm³/mol. The summed E-state index contributed by atoms with van der Waals surface area (Å²) >= 11 is 0. The van der Waals surface area contributed by atoms with Crippen LogP contribution in [0.1, 0.15) is 39.5 Å². The van der Waals surface area contributed by atoms with Crippen LogP contribution in [0.15, 0.2) is 0 Å². The largest absolute Gasteiger partial charge is 0.317 e. The zero-order valence-corrected chi connectivity index (χ0v) is 10.9. The normalized spacial score (nSPS) is 32.2. The van der Waals surface area contributed by atoms with Gasteiger partial charge in [0, 0.05) is 12.6 Å². The molecule has 0 aromatic carbocycles. The third kappa shape index (κ3) is 4.12.